The first kappa shape index (κ1) is 15.0. The van der Waals surface area contributed by atoms with Crippen LogP contribution in [0.3, 0.4) is 0 Å². The van der Waals surface area contributed by atoms with Crippen molar-refractivity contribution in [2.24, 2.45) is 17.1 Å². The zero-order valence-corrected chi connectivity index (χ0v) is 12.4. The SMILES string of the molecule is CCC1CCC(CN)(Cc2cccc([N+](=O)[O-])c2C)C1. The molecule has 1 aliphatic rings. The summed E-state index contributed by atoms with van der Waals surface area (Å²) in [4.78, 5) is 10.7. The maximum atomic E-state index is 11.0. The fourth-order valence-electron chi connectivity index (χ4n) is 3.56. The van der Waals surface area contributed by atoms with E-state index in [4.69, 9.17) is 5.73 Å². The lowest BCUT2D eigenvalue weighted by Crippen LogP contribution is -2.30. The van der Waals surface area contributed by atoms with E-state index in [9.17, 15) is 10.1 Å². The number of nitro groups is 1. The Kier molecular flexibility index (Phi) is 4.43. The lowest BCUT2D eigenvalue weighted by molar-refractivity contribution is -0.385. The third kappa shape index (κ3) is 2.85. The van der Waals surface area contributed by atoms with Crippen molar-refractivity contribution < 1.29 is 4.92 Å². The molecule has 110 valence electrons. The highest BCUT2D eigenvalue weighted by molar-refractivity contribution is 5.45. The average Bonchev–Trinajstić information content (AvgIpc) is 2.85. The average molecular weight is 276 g/mol. The fraction of sp³-hybridized carbons (Fsp3) is 0.625. The number of nitrogens with two attached hydrogens (primary N) is 1. The Morgan fingerprint density at radius 1 is 1.50 bits per heavy atom. The van der Waals surface area contributed by atoms with Crippen LogP contribution >= 0.6 is 0 Å². The molecule has 0 aliphatic heterocycles. The predicted molar refractivity (Wildman–Crippen MR) is 80.7 cm³/mol. The van der Waals surface area contributed by atoms with Gasteiger partial charge in [0.2, 0.25) is 0 Å². The van der Waals surface area contributed by atoms with E-state index in [-0.39, 0.29) is 16.0 Å². The van der Waals surface area contributed by atoms with Crippen molar-refractivity contribution >= 4 is 5.69 Å². The van der Waals surface area contributed by atoms with E-state index >= 15 is 0 Å². The third-order valence-electron chi connectivity index (χ3n) is 4.99. The van der Waals surface area contributed by atoms with Crippen LogP contribution in [-0.4, -0.2) is 11.5 Å². The van der Waals surface area contributed by atoms with E-state index < -0.39 is 0 Å². The van der Waals surface area contributed by atoms with E-state index in [2.05, 4.69) is 6.92 Å². The second-order valence-corrected chi connectivity index (χ2v) is 6.22. The number of rotatable bonds is 5. The molecule has 4 nitrogen and oxygen atoms in total. The molecule has 0 radical (unpaired) electrons. The van der Waals surface area contributed by atoms with Crippen molar-refractivity contribution in [2.45, 2.75) is 46.0 Å². The Labute approximate surface area is 120 Å². The van der Waals surface area contributed by atoms with Gasteiger partial charge in [-0.05, 0) is 56.0 Å². The van der Waals surface area contributed by atoms with E-state index in [1.165, 1.54) is 12.8 Å². The molecule has 4 heteroatoms. The molecule has 2 N–H and O–H groups in total. The highest BCUT2D eigenvalue weighted by atomic mass is 16.6. The van der Waals surface area contributed by atoms with Crippen LogP contribution in [0.2, 0.25) is 0 Å². The topological polar surface area (TPSA) is 69.2 Å². The minimum atomic E-state index is -0.294. The summed E-state index contributed by atoms with van der Waals surface area (Å²) in [7, 11) is 0. The molecule has 0 spiro atoms. The maximum Gasteiger partial charge on any atom is 0.272 e. The number of nitrogens with zero attached hydrogens (tertiary/aromatic N) is 1. The van der Waals surface area contributed by atoms with Gasteiger partial charge in [-0.3, -0.25) is 10.1 Å². The smallest absolute Gasteiger partial charge is 0.272 e. The summed E-state index contributed by atoms with van der Waals surface area (Å²) in [6, 6.07) is 5.38. The molecule has 0 aromatic heterocycles. The quantitative estimate of drug-likeness (QED) is 0.660. The molecular weight excluding hydrogens is 252 g/mol. The number of hydrogen-bond donors (Lipinski definition) is 1. The summed E-state index contributed by atoms with van der Waals surface area (Å²) in [5, 5.41) is 11.0. The van der Waals surface area contributed by atoms with Gasteiger partial charge in [0.1, 0.15) is 0 Å². The number of nitro benzene ring substituents is 1. The Morgan fingerprint density at radius 3 is 2.80 bits per heavy atom. The minimum absolute atomic E-state index is 0.140. The first-order valence-electron chi connectivity index (χ1n) is 7.44. The summed E-state index contributed by atoms with van der Waals surface area (Å²) in [6.45, 7) is 4.76. The number of benzene rings is 1. The van der Waals surface area contributed by atoms with Gasteiger partial charge in [-0.25, -0.2) is 0 Å². The van der Waals surface area contributed by atoms with Gasteiger partial charge in [0, 0.05) is 11.6 Å². The molecule has 1 aromatic rings. The molecule has 1 saturated carbocycles. The summed E-state index contributed by atoms with van der Waals surface area (Å²) < 4.78 is 0. The number of hydrogen-bond acceptors (Lipinski definition) is 3. The largest absolute Gasteiger partial charge is 0.330 e. The van der Waals surface area contributed by atoms with Crippen LogP contribution in [0, 0.1) is 28.4 Å². The van der Waals surface area contributed by atoms with Crippen LogP contribution in [0.1, 0.15) is 43.7 Å². The Balaban J connectivity index is 2.25. The van der Waals surface area contributed by atoms with Crippen molar-refractivity contribution in [1.82, 2.24) is 0 Å². The fourth-order valence-corrected chi connectivity index (χ4v) is 3.56. The highest BCUT2D eigenvalue weighted by Gasteiger charge is 2.37. The van der Waals surface area contributed by atoms with Crippen molar-refractivity contribution in [3.8, 4) is 0 Å². The summed E-state index contributed by atoms with van der Waals surface area (Å²) in [6.07, 6.45) is 5.61. The van der Waals surface area contributed by atoms with Crippen molar-refractivity contribution in [3.63, 3.8) is 0 Å². The van der Waals surface area contributed by atoms with Crippen LogP contribution in [0.15, 0.2) is 18.2 Å². The standard InChI is InChI=1S/C16H24N2O2/c1-3-13-7-8-16(9-13,11-17)10-14-5-4-6-15(12(14)2)18(19)20/h4-6,13H,3,7-11,17H2,1-2H3. The lowest BCUT2D eigenvalue weighted by Gasteiger charge is -2.28. The molecule has 1 aliphatic carbocycles. The van der Waals surface area contributed by atoms with Crippen LogP contribution in [0.4, 0.5) is 5.69 Å². The zero-order chi connectivity index (χ0) is 14.8. The van der Waals surface area contributed by atoms with Crippen LogP contribution in [0.5, 0.6) is 0 Å². The Hall–Kier alpha value is -1.42. The van der Waals surface area contributed by atoms with Gasteiger partial charge in [0.25, 0.3) is 5.69 Å². The van der Waals surface area contributed by atoms with E-state index in [0.29, 0.717) is 6.54 Å². The molecule has 0 bridgehead atoms. The second-order valence-electron chi connectivity index (χ2n) is 6.22. The molecule has 2 atom stereocenters. The van der Waals surface area contributed by atoms with Crippen LogP contribution in [0.25, 0.3) is 0 Å². The minimum Gasteiger partial charge on any atom is -0.330 e. The molecule has 0 heterocycles. The molecule has 2 unspecified atom stereocenters. The first-order chi connectivity index (χ1) is 9.51. The van der Waals surface area contributed by atoms with Gasteiger partial charge in [-0.15, -0.1) is 0 Å². The van der Waals surface area contributed by atoms with Gasteiger partial charge in [-0.2, -0.15) is 0 Å². The summed E-state index contributed by atoms with van der Waals surface area (Å²) in [5.74, 6) is 0.762. The van der Waals surface area contributed by atoms with Gasteiger partial charge in [-0.1, -0.05) is 25.5 Å². The monoisotopic (exact) mass is 276 g/mol. The molecule has 0 saturated heterocycles. The molecular formula is C16H24N2O2. The van der Waals surface area contributed by atoms with Gasteiger partial charge >= 0.3 is 0 Å². The third-order valence-corrected chi connectivity index (χ3v) is 4.99. The van der Waals surface area contributed by atoms with E-state index in [1.807, 2.05) is 13.0 Å². The predicted octanol–water partition coefficient (Wildman–Crippen LogP) is 3.60. The first-order valence-corrected chi connectivity index (χ1v) is 7.44. The lowest BCUT2D eigenvalue weighted by atomic mass is 9.78. The second kappa shape index (κ2) is 5.92. The highest BCUT2D eigenvalue weighted by Crippen LogP contribution is 2.45. The van der Waals surface area contributed by atoms with Crippen LogP contribution in [-0.2, 0) is 6.42 Å². The van der Waals surface area contributed by atoms with E-state index in [1.54, 1.807) is 12.1 Å². The van der Waals surface area contributed by atoms with Crippen LogP contribution < -0.4 is 5.73 Å². The van der Waals surface area contributed by atoms with Crippen molar-refractivity contribution in [1.29, 1.82) is 0 Å². The molecule has 20 heavy (non-hydrogen) atoms. The van der Waals surface area contributed by atoms with E-state index in [0.717, 1.165) is 36.3 Å². The molecule has 0 amide bonds. The van der Waals surface area contributed by atoms with Gasteiger partial charge in [0.05, 0.1) is 4.92 Å². The summed E-state index contributed by atoms with van der Waals surface area (Å²) >= 11 is 0. The van der Waals surface area contributed by atoms with Gasteiger partial charge in [0.15, 0.2) is 0 Å². The molecule has 1 aromatic carbocycles. The van der Waals surface area contributed by atoms with Crippen molar-refractivity contribution in [2.75, 3.05) is 6.54 Å². The maximum absolute atomic E-state index is 11.0. The molecule has 2 rings (SSSR count). The van der Waals surface area contributed by atoms with Gasteiger partial charge < -0.3 is 5.73 Å². The summed E-state index contributed by atoms with van der Waals surface area (Å²) in [5.41, 5.74) is 8.29. The van der Waals surface area contributed by atoms with Crippen molar-refractivity contribution in [3.05, 3.63) is 39.4 Å². The molecule has 1 fully saturated rings. The Bertz CT molecular complexity index is 501. The normalized spacial score (nSPS) is 25.9. The Morgan fingerprint density at radius 2 is 2.25 bits per heavy atom. The zero-order valence-electron chi connectivity index (χ0n) is 12.4.